The Hall–Kier alpha value is -2.14. The van der Waals surface area contributed by atoms with E-state index in [9.17, 15) is 0 Å². The largest absolute Gasteiger partial charge is 0.348 e. The molecule has 0 bridgehead atoms. The smallest absolute Gasteiger partial charge is 0.207 e. The number of aromatic nitrogens is 3. The molecule has 0 saturated heterocycles. The average Bonchev–Trinajstić information content (AvgIpc) is 3.06. The number of rotatable bonds is 4. The minimum Gasteiger partial charge on any atom is -0.348 e. The van der Waals surface area contributed by atoms with Gasteiger partial charge in [0.2, 0.25) is 5.95 Å². The van der Waals surface area contributed by atoms with E-state index in [4.69, 9.17) is 0 Å². The van der Waals surface area contributed by atoms with E-state index in [1.54, 1.807) is 11.3 Å². The highest BCUT2D eigenvalue weighted by atomic mass is 32.1. The quantitative estimate of drug-likeness (QED) is 0.788. The van der Waals surface area contributed by atoms with Crippen molar-refractivity contribution < 1.29 is 0 Å². The number of hydrogen-bond donors (Lipinski definition) is 1. The lowest BCUT2D eigenvalue weighted by Gasteiger charge is -2.15. The van der Waals surface area contributed by atoms with Crippen molar-refractivity contribution in [1.29, 1.82) is 0 Å². The molecule has 3 aromatic rings. The second kappa shape index (κ2) is 5.69. The summed E-state index contributed by atoms with van der Waals surface area (Å²) in [6.07, 6.45) is 3.78. The predicted molar refractivity (Wildman–Crippen MR) is 87.2 cm³/mol. The number of imidazole rings is 1. The Labute approximate surface area is 128 Å². The number of para-hydroxylation sites is 1. The monoisotopic (exact) mass is 298 g/mol. The van der Waals surface area contributed by atoms with E-state index in [0.29, 0.717) is 0 Å². The molecule has 0 radical (unpaired) electrons. The Balaban J connectivity index is 1.86. The Morgan fingerprint density at radius 2 is 1.95 bits per heavy atom. The highest BCUT2D eigenvalue weighted by Gasteiger charge is 2.15. The average molecular weight is 298 g/mol. The molecule has 0 spiro atoms. The standard InChI is InChI=1S/C16H18N4S/c1-11-15(21-13(3)18-11)12(2)19-16-17-9-10-20(16)14-7-5-4-6-8-14/h4-10,12H,1-3H3,(H,17,19). The first-order chi connectivity index (χ1) is 10.1. The Bertz CT molecular complexity index is 730. The molecule has 108 valence electrons. The van der Waals surface area contributed by atoms with E-state index in [-0.39, 0.29) is 6.04 Å². The van der Waals surface area contributed by atoms with Crippen molar-refractivity contribution in [2.45, 2.75) is 26.8 Å². The molecule has 1 atom stereocenters. The normalized spacial score (nSPS) is 12.3. The molecule has 3 rings (SSSR count). The number of nitrogens with zero attached hydrogens (tertiary/aromatic N) is 3. The summed E-state index contributed by atoms with van der Waals surface area (Å²) in [4.78, 5) is 10.2. The van der Waals surface area contributed by atoms with Crippen LogP contribution in [0.15, 0.2) is 42.7 Å². The maximum absolute atomic E-state index is 4.49. The minimum absolute atomic E-state index is 0.182. The third kappa shape index (κ3) is 2.83. The lowest BCUT2D eigenvalue weighted by atomic mass is 10.2. The van der Waals surface area contributed by atoms with E-state index in [1.807, 2.05) is 37.5 Å². The van der Waals surface area contributed by atoms with Gasteiger partial charge in [0.1, 0.15) is 0 Å². The summed E-state index contributed by atoms with van der Waals surface area (Å²) in [7, 11) is 0. The molecule has 0 aliphatic heterocycles. The third-order valence-corrected chi connectivity index (χ3v) is 4.61. The van der Waals surface area contributed by atoms with Crippen LogP contribution < -0.4 is 5.32 Å². The van der Waals surface area contributed by atoms with Gasteiger partial charge < -0.3 is 5.32 Å². The minimum atomic E-state index is 0.182. The van der Waals surface area contributed by atoms with Crippen molar-refractivity contribution in [2.75, 3.05) is 5.32 Å². The first-order valence-electron chi connectivity index (χ1n) is 6.94. The molecular formula is C16H18N4S. The van der Waals surface area contributed by atoms with Gasteiger partial charge in [-0.1, -0.05) is 18.2 Å². The lowest BCUT2D eigenvalue weighted by Crippen LogP contribution is -2.10. The van der Waals surface area contributed by atoms with Crippen molar-refractivity contribution in [2.24, 2.45) is 0 Å². The van der Waals surface area contributed by atoms with Crippen LogP contribution in [0.5, 0.6) is 0 Å². The number of thiazole rings is 1. The van der Waals surface area contributed by atoms with Crippen LogP contribution in [-0.4, -0.2) is 14.5 Å². The van der Waals surface area contributed by atoms with Gasteiger partial charge in [-0.15, -0.1) is 11.3 Å². The van der Waals surface area contributed by atoms with Gasteiger partial charge in [0.25, 0.3) is 0 Å². The van der Waals surface area contributed by atoms with Gasteiger partial charge >= 0.3 is 0 Å². The maximum atomic E-state index is 4.49. The highest BCUT2D eigenvalue weighted by molar-refractivity contribution is 7.11. The molecule has 2 aromatic heterocycles. The molecule has 5 heteroatoms. The Morgan fingerprint density at radius 3 is 2.62 bits per heavy atom. The van der Waals surface area contributed by atoms with Crippen molar-refractivity contribution in [3.05, 3.63) is 58.3 Å². The number of benzene rings is 1. The SMILES string of the molecule is Cc1nc(C)c(C(C)Nc2nccn2-c2ccccc2)s1. The molecule has 0 amide bonds. The van der Waals surface area contributed by atoms with E-state index in [1.165, 1.54) is 4.88 Å². The van der Waals surface area contributed by atoms with Gasteiger partial charge in [-0.05, 0) is 32.9 Å². The van der Waals surface area contributed by atoms with E-state index < -0.39 is 0 Å². The zero-order valence-electron chi connectivity index (χ0n) is 12.4. The molecule has 0 fully saturated rings. The summed E-state index contributed by atoms with van der Waals surface area (Å²) in [6.45, 7) is 6.24. The summed E-state index contributed by atoms with van der Waals surface area (Å²) in [6, 6.07) is 10.4. The molecule has 0 saturated carbocycles. The Kier molecular flexibility index (Phi) is 3.75. The molecule has 1 unspecified atom stereocenters. The van der Waals surface area contributed by atoms with Crippen molar-refractivity contribution >= 4 is 17.3 Å². The van der Waals surface area contributed by atoms with Gasteiger partial charge in [0.15, 0.2) is 0 Å². The topological polar surface area (TPSA) is 42.7 Å². The summed E-state index contributed by atoms with van der Waals surface area (Å²) >= 11 is 1.74. The number of anilines is 1. The van der Waals surface area contributed by atoms with Crippen LogP contribution in [0.1, 0.15) is 28.5 Å². The fraction of sp³-hybridized carbons (Fsp3) is 0.250. The maximum Gasteiger partial charge on any atom is 0.207 e. The summed E-state index contributed by atoms with van der Waals surface area (Å²) in [5.41, 5.74) is 2.19. The molecule has 1 N–H and O–H groups in total. The van der Waals surface area contributed by atoms with Crippen LogP contribution in [0.4, 0.5) is 5.95 Å². The van der Waals surface area contributed by atoms with Crippen molar-refractivity contribution in [3.63, 3.8) is 0 Å². The summed E-state index contributed by atoms with van der Waals surface area (Å²) in [5.74, 6) is 0.846. The van der Waals surface area contributed by atoms with Crippen LogP contribution in [0, 0.1) is 13.8 Å². The summed E-state index contributed by atoms with van der Waals surface area (Å²) in [5, 5.41) is 4.58. The number of aryl methyl sites for hydroxylation is 2. The van der Waals surface area contributed by atoms with Crippen molar-refractivity contribution in [3.8, 4) is 5.69 Å². The molecule has 2 heterocycles. The predicted octanol–water partition coefficient (Wildman–Crippen LogP) is 4.12. The molecule has 4 nitrogen and oxygen atoms in total. The Morgan fingerprint density at radius 1 is 1.19 bits per heavy atom. The highest BCUT2D eigenvalue weighted by Crippen LogP contribution is 2.27. The summed E-state index contributed by atoms with van der Waals surface area (Å²) < 4.78 is 2.06. The molecule has 1 aromatic carbocycles. The van der Waals surface area contributed by atoms with E-state index in [2.05, 4.69) is 45.8 Å². The first-order valence-corrected chi connectivity index (χ1v) is 7.76. The van der Waals surface area contributed by atoms with Crippen LogP contribution in [-0.2, 0) is 0 Å². The number of hydrogen-bond acceptors (Lipinski definition) is 4. The van der Waals surface area contributed by atoms with Crippen LogP contribution in [0.25, 0.3) is 5.69 Å². The van der Waals surface area contributed by atoms with Gasteiger partial charge in [0.05, 0.1) is 16.7 Å². The lowest BCUT2D eigenvalue weighted by molar-refractivity contribution is 0.856. The zero-order valence-corrected chi connectivity index (χ0v) is 13.2. The van der Waals surface area contributed by atoms with E-state index in [0.717, 1.165) is 22.3 Å². The van der Waals surface area contributed by atoms with Gasteiger partial charge in [-0.2, -0.15) is 0 Å². The van der Waals surface area contributed by atoms with Crippen LogP contribution in [0.2, 0.25) is 0 Å². The first kappa shape index (κ1) is 13.8. The van der Waals surface area contributed by atoms with Crippen molar-refractivity contribution in [1.82, 2.24) is 14.5 Å². The fourth-order valence-electron chi connectivity index (χ4n) is 2.42. The van der Waals surface area contributed by atoms with Gasteiger partial charge in [-0.3, -0.25) is 4.57 Å². The zero-order chi connectivity index (χ0) is 14.8. The van der Waals surface area contributed by atoms with Gasteiger partial charge in [-0.25, -0.2) is 9.97 Å². The van der Waals surface area contributed by atoms with Crippen LogP contribution in [0.3, 0.4) is 0 Å². The molecular weight excluding hydrogens is 280 g/mol. The second-order valence-corrected chi connectivity index (χ2v) is 6.24. The number of nitrogens with one attached hydrogen (secondary N) is 1. The third-order valence-electron chi connectivity index (χ3n) is 3.35. The molecule has 0 aliphatic carbocycles. The van der Waals surface area contributed by atoms with E-state index >= 15 is 0 Å². The van der Waals surface area contributed by atoms with Gasteiger partial charge in [0, 0.05) is 23.0 Å². The fourth-order valence-corrected chi connectivity index (χ4v) is 3.35. The van der Waals surface area contributed by atoms with Crippen LogP contribution >= 0.6 is 11.3 Å². The molecule has 0 aliphatic rings. The second-order valence-electron chi connectivity index (χ2n) is 5.00. The molecule has 21 heavy (non-hydrogen) atoms.